The molecule has 0 amide bonds. The number of hydrogen-bond donors (Lipinski definition) is 2. The molecule has 0 saturated heterocycles. The third kappa shape index (κ3) is 4.01. The SMILES string of the molecule is O=[P+](O)Oc1cccc(-c2cccc(O[P+](=O)O)n2)n1. The van der Waals surface area contributed by atoms with Crippen molar-refractivity contribution in [3.63, 3.8) is 0 Å². The lowest BCUT2D eigenvalue weighted by Gasteiger charge is -2.00. The van der Waals surface area contributed by atoms with E-state index in [4.69, 9.17) is 9.79 Å². The average molecular weight is 314 g/mol. The van der Waals surface area contributed by atoms with E-state index in [0.717, 1.165) is 0 Å². The molecule has 0 bridgehead atoms. The molecule has 0 aliphatic heterocycles. The van der Waals surface area contributed by atoms with E-state index in [-0.39, 0.29) is 11.8 Å². The van der Waals surface area contributed by atoms with Crippen LogP contribution in [-0.4, -0.2) is 19.8 Å². The lowest BCUT2D eigenvalue weighted by Crippen LogP contribution is -1.92. The Kier molecular flexibility index (Phi) is 4.65. The van der Waals surface area contributed by atoms with Gasteiger partial charge in [-0.25, -0.2) is 19.0 Å². The maximum Gasteiger partial charge on any atom is 0.749 e. The van der Waals surface area contributed by atoms with Crippen molar-refractivity contribution in [2.24, 2.45) is 0 Å². The van der Waals surface area contributed by atoms with Crippen LogP contribution in [0.15, 0.2) is 36.4 Å². The predicted octanol–water partition coefficient (Wildman–Crippen LogP) is 2.20. The predicted molar refractivity (Wildman–Crippen MR) is 68.4 cm³/mol. The maximum absolute atomic E-state index is 10.6. The summed E-state index contributed by atoms with van der Waals surface area (Å²) < 4.78 is 30.3. The van der Waals surface area contributed by atoms with Gasteiger partial charge < -0.3 is 0 Å². The van der Waals surface area contributed by atoms with Crippen molar-refractivity contribution >= 4 is 16.5 Å². The zero-order valence-electron chi connectivity index (χ0n) is 9.78. The van der Waals surface area contributed by atoms with E-state index < -0.39 is 16.5 Å². The summed E-state index contributed by atoms with van der Waals surface area (Å²) in [6, 6.07) is 9.16. The highest BCUT2D eigenvalue weighted by Crippen LogP contribution is 2.26. The molecule has 102 valence electrons. The monoisotopic (exact) mass is 314 g/mol. The number of rotatable bonds is 5. The molecule has 2 N–H and O–H groups in total. The van der Waals surface area contributed by atoms with Gasteiger partial charge in [0.05, 0.1) is 11.4 Å². The van der Waals surface area contributed by atoms with Gasteiger partial charge in [0.1, 0.15) is 0 Å². The van der Waals surface area contributed by atoms with Gasteiger partial charge in [0.15, 0.2) is 0 Å². The second-order valence-electron chi connectivity index (χ2n) is 3.38. The van der Waals surface area contributed by atoms with Gasteiger partial charge in [0, 0.05) is 21.3 Å². The molecule has 0 spiro atoms. The van der Waals surface area contributed by atoms with Crippen molar-refractivity contribution in [3.8, 4) is 23.1 Å². The van der Waals surface area contributed by atoms with E-state index in [9.17, 15) is 9.13 Å². The topological polar surface area (TPSA) is 119 Å². The van der Waals surface area contributed by atoms with E-state index in [0.29, 0.717) is 11.4 Å². The maximum atomic E-state index is 10.6. The summed E-state index contributed by atoms with van der Waals surface area (Å²) >= 11 is 0. The summed E-state index contributed by atoms with van der Waals surface area (Å²) in [5.41, 5.74) is 0.718. The Morgan fingerprint density at radius 1 is 0.800 bits per heavy atom. The largest absolute Gasteiger partial charge is 0.749 e. The van der Waals surface area contributed by atoms with Crippen molar-refractivity contribution in [2.45, 2.75) is 0 Å². The molecular formula is C10H8N2O6P2+2. The molecule has 2 aromatic heterocycles. The van der Waals surface area contributed by atoms with Gasteiger partial charge in [0.2, 0.25) is 0 Å². The lowest BCUT2D eigenvalue weighted by molar-refractivity contribution is 0.402. The summed E-state index contributed by atoms with van der Waals surface area (Å²) in [5.74, 6) is -0.0695. The van der Waals surface area contributed by atoms with Crippen LogP contribution in [-0.2, 0) is 9.13 Å². The van der Waals surface area contributed by atoms with Crippen LogP contribution in [0.5, 0.6) is 11.8 Å². The van der Waals surface area contributed by atoms with Crippen LogP contribution in [0.1, 0.15) is 0 Å². The standard InChI is InChI=1S/C10H6N2O6P2/c13-19(14)17-9-5-1-3-7(11-9)8-4-2-6-10(12-8)18-20(15)16/h1-6H/p+2. The Bertz CT molecular complexity index is 608. The van der Waals surface area contributed by atoms with E-state index in [1.54, 1.807) is 24.3 Å². The highest BCUT2D eigenvalue weighted by atomic mass is 31.1. The van der Waals surface area contributed by atoms with Gasteiger partial charge in [0.25, 0.3) is 11.8 Å². The molecule has 8 nitrogen and oxygen atoms in total. The zero-order valence-corrected chi connectivity index (χ0v) is 11.6. The van der Waals surface area contributed by atoms with Crippen molar-refractivity contribution in [1.29, 1.82) is 0 Å². The van der Waals surface area contributed by atoms with E-state index >= 15 is 0 Å². The summed E-state index contributed by atoms with van der Waals surface area (Å²) in [6.07, 6.45) is 0. The van der Waals surface area contributed by atoms with Gasteiger partial charge in [-0.1, -0.05) is 12.1 Å². The van der Waals surface area contributed by atoms with Gasteiger partial charge >= 0.3 is 16.5 Å². The lowest BCUT2D eigenvalue weighted by atomic mass is 10.2. The molecule has 0 aliphatic carbocycles. The average Bonchev–Trinajstić information content (AvgIpc) is 2.38. The van der Waals surface area contributed by atoms with Crippen LogP contribution >= 0.6 is 16.5 Å². The van der Waals surface area contributed by atoms with Crippen molar-refractivity contribution < 1.29 is 28.0 Å². The molecule has 10 heteroatoms. The molecular weight excluding hydrogens is 306 g/mol. The first-order valence-corrected chi connectivity index (χ1v) is 7.43. The molecule has 0 saturated carbocycles. The molecule has 2 unspecified atom stereocenters. The van der Waals surface area contributed by atoms with Crippen LogP contribution in [0, 0.1) is 0 Å². The quantitative estimate of drug-likeness (QED) is 0.806. The zero-order chi connectivity index (χ0) is 14.5. The number of hydrogen-bond acceptors (Lipinski definition) is 6. The minimum atomic E-state index is -2.81. The number of aromatic nitrogens is 2. The summed E-state index contributed by atoms with van der Waals surface area (Å²) in [5, 5.41) is 0. The fourth-order valence-corrected chi connectivity index (χ4v) is 1.90. The molecule has 0 aliphatic rings. The molecule has 2 atom stereocenters. The third-order valence-corrected chi connectivity index (χ3v) is 2.74. The van der Waals surface area contributed by atoms with Crippen LogP contribution in [0.25, 0.3) is 11.4 Å². The Labute approximate surface area is 114 Å². The normalized spacial score (nSPS) is 11.7. The molecule has 20 heavy (non-hydrogen) atoms. The van der Waals surface area contributed by atoms with E-state index in [1.165, 1.54) is 12.1 Å². The van der Waals surface area contributed by atoms with Gasteiger partial charge in [-0.2, -0.15) is 0 Å². The summed E-state index contributed by atoms with van der Waals surface area (Å²) in [7, 11) is -5.61. The highest BCUT2D eigenvalue weighted by Gasteiger charge is 2.18. The van der Waals surface area contributed by atoms with Crippen molar-refractivity contribution in [3.05, 3.63) is 36.4 Å². The minimum Gasteiger partial charge on any atom is -0.208 e. The number of pyridine rings is 2. The fraction of sp³-hybridized carbons (Fsp3) is 0. The first-order valence-electron chi connectivity index (χ1n) is 5.17. The van der Waals surface area contributed by atoms with Crippen LogP contribution in [0.2, 0.25) is 0 Å². The van der Waals surface area contributed by atoms with Crippen LogP contribution in [0.4, 0.5) is 0 Å². The first kappa shape index (κ1) is 14.4. The second kappa shape index (κ2) is 6.45. The molecule has 2 heterocycles. The molecule has 2 rings (SSSR count). The Balaban J connectivity index is 2.31. The molecule has 2 aromatic rings. The van der Waals surface area contributed by atoms with E-state index in [2.05, 4.69) is 19.0 Å². The summed E-state index contributed by atoms with van der Waals surface area (Å²) in [6.45, 7) is 0. The third-order valence-electron chi connectivity index (χ3n) is 2.05. The molecule has 0 fully saturated rings. The van der Waals surface area contributed by atoms with Gasteiger partial charge in [-0.05, 0) is 12.1 Å². The number of nitrogens with zero attached hydrogens (tertiary/aromatic N) is 2. The second-order valence-corrected chi connectivity index (χ2v) is 4.70. The van der Waals surface area contributed by atoms with Crippen LogP contribution in [0.3, 0.4) is 0 Å². The Morgan fingerprint density at radius 2 is 1.20 bits per heavy atom. The van der Waals surface area contributed by atoms with Gasteiger partial charge in [-0.3, -0.25) is 0 Å². The smallest absolute Gasteiger partial charge is 0.208 e. The molecule has 0 radical (unpaired) electrons. The minimum absolute atomic E-state index is 0.0348. The Hall–Kier alpha value is -1.98. The van der Waals surface area contributed by atoms with Crippen LogP contribution < -0.4 is 9.05 Å². The molecule has 0 aromatic carbocycles. The van der Waals surface area contributed by atoms with E-state index in [1.807, 2.05) is 0 Å². The fourth-order valence-electron chi connectivity index (χ4n) is 1.38. The summed E-state index contributed by atoms with van der Waals surface area (Å²) in [4.78, 5) is 25.3. The first-order chi connectivity index (χ1) is 9.54. The van der Waals surface area contributed by atoms with Crippen molar-refractivity contribution in [2.75, 3.05) is 0 Å². The Morgan fingerprint density at radius 3 is 1.55 bits per heavy atom. The van der Waals surface area contributed by atoms with Crippen molar-refractivity contribution in [1.82, 2.24) is 9.97 Å². The van der Waals surface area contributed by atoms with Gasteiger partial charge in [-0.15, -0.1) is 9.79 Å². The highest BCUT2D eigenvalue weighted by molar-refractivity contribution is 7.32.